The molecule has 0 spiro atoms. The number of rotatable bonds is 5. The van der Waals surface area contributed by atoms with Crippen molar-refractivity contribution in [2.24, 2.45) is 0 Å². The Hall–Kier alpha value is -1.37. The van der Waals surface area contributed by atoms with Crippen molar-refractivity contribution in [1.82, 2.24) is 4.72 Å². The number of hydrogen-bond acceptors (Lipinski definition) is 4. The SMILES string of the molecule is COC(=O)C(C)(C)NS(=O)(=O)/C=C/c1ccccc1Cl. The van der Waals surface area contributed by atoms with Gasteiger partial charge in [0.2, 0.25) is 10.0 Å². The number of benzene rings is 1. The van der Waals surface area contributed by atoms with Gasteiger partial charge in [0.25, 0.3) is 0 Å². The highest BCUT2D eigenvalue weighted by molar-refractivity contribution is 7.92. The van der Waals surface area contributed by atoms with Crippen LogP contribution in [0.15, 0.2) is 29.7 Å². The third kappa shape index (κ3) is 4.63. The first-order chi connectivity index (χ1) is 9.18. The lowest BCUT2D eigenvalue weighted by molar-refractivity contribution is -0.146. The Balaban J connectivity index is 2.91. The van der Waals surface area contributed by atoms with E-state index >= 15 is 0 Å². The molecule has 0 saturated carbocycles. The molecule has 110 valence electrons. The van der Waals surface area contributed by atoms with Crippen molar-refractivity contribution in [2.45, 2.75) is 19.4 Å². The number of esters is 1. The minimum atomic E-state index is -3.80. The molecule has 0 atom stereocenters. The molecule has 0 aliphatic rings. The molecular formula is C13H16ClNO4S. The first-order valence-corrected chi connectivity index (χ1v) is 7.65. The van der Waals surface area contributed by atoms with Crippen molar-refractivity contribution in [2.75, 3.05) is 7.11 Å². The van der Waals surface area contributed by atoms with Crippen LogP contribution < -0.4 is 4.72 Å². The standard InChI is InChI=1S/C13H16ClNO4S/c1-13(2,12(16)19-3)15-20(17,18)9-8-10-6-4-5-7-11(10)14/h4-9,15H,1-3H3/b9-8+. The summed E-state index contributed by atoms with van der Waals surface area (Å²) in [6.45, 7) is 2.83. The van der Waals surface area contributed by atoms with Gasteiger partial charge in [-0.05, 0) is 31.6 Å². The molecule has 0 aliphatic heterocycles. The highest BCUT2D eigenvalue weighted by Gasteiger charge is 2.32. The monoisotopic (exact) mass is 317 g/mol. The predicted octanol–water partition coefficient (Wildman–Crippen LogP) is 2.18. The van der Waals surface area contributed by atoms with Crippen LogP contribution in [-0.2, 0) is 19.6 Å². The minimum absolute atomic E-state index is 0.436. The average Bonchev–Trinajstić information content (AvgIpc) is 2.35. The van der Waals surface area contributed by atoms with Gasteiger partial charge in [0.15, 0.2) is 0 Å². The van der Waals surface area contributed by atoms with Gasteiger partial charge < -0.3 is 4.74 Å². The van der Waals surface area contributed by atoms with Gasteiger partial charge in [-0.25, -0.2) is 8.42 Å². The van der Waals surface area contributed by atoms with Crippen LogP contribution in [0.5, 0.6) is 0 Å². The molecule has 1 aromatic rings. The van der Waals surface area contributed by atoms with E-state index in [0.29, 0.717) is 10.6 Å². The molecule has 0 saturated heterocycles. The number of sulfonamides is 1. The van der Waals surface area contributed by atoms with Gasteiger partial charge in [0, 0.05) is 10.4 Å². The van der Waals surface area contributed by atoms with E-state index in [9.17, 15) is 13.2 Å². The molecule has 0 unspecified atom stereocenters. The van der Waals surface area contributed by atoms with Gasteiger partial charge in [-0.3, -0.25) is 4.79 Å². The lowest BCUT2D eigenvalue weighted by atomic mass is 10.1. The fourth-order valence-corrected chi connectivity index (χ4v) is 2.85. The summed E-state index contributed by atoms with van der Waals surface area (Å²) in [6.07, 6.45) is 1.36. The highest BCUT2D eigenvalue weighted by atomic mass is 35.5. The van der Waals surface area contributed by atoms with Crippen molar-refractivity contribution in [3.63, 3.8) is 0 Å². The molecule has 20 heavy (non-hydrogen) atoms. The summed E-state index contributed by atoms with van der Waals surface area (Å²) in [5.74, 6) is -0.674. The van der Waals surface area contributed by atoms with Gasteiger partial charge in [-0.1, -0.05) is 29.8 Å². The van der Waals surface area contributed by atoms with Gasteiger partial charge in [-0.15, -0.1) is 0 Å². The van der Waals surface area contributed by atoms with Crippen molar-refractivity contribution in [1.29, 1.82) is 0 Å². The quantitative estimate of drug-likeness (QED) is 0.845. The summed E-state index contributed by atoms with van der Waals surface area (Å²) < 4.78 is 30.6. The number of ether oxygens (including phenoxy) is 1. The summed E-state index contributed by atoms with van der Waals surface area (Å²) in [6, 6.07) is 6.82. The highest BCUT2D eigenvalue weighted by Crippen LogP contribution is 2.17. The second-order valence-electron chi connectivity index (χ2n) is 4.59. The van der Waals surface area contributed by atoms with Crippen LogP contribution >= 0.6 is 11.6 Å². The smallest absolute Gasteiger partial charge is 0.326 e. The zero-order valence-electron chi connectivity index (χ0n) is 11.4. The summed E-state index contributed by atoms with van der Waals surface area (Å²) in [5.41, 5.74) is -0.784. The van der Waals surface area contributed by atoms with Crippen LogP contribution in [0.1, 0.15) is 19.4 Å². The lowest BCUT2D eigenvalue weighted by Crippen LogP contribution is -2.49. The molecule has 0 amide bonds. The molecule has 1 aromatic carbocycles. The van der Waals surface area contributed by atoms with E-state index in [2.05, 4.69) is 9.46 Å². The van der Waals surface area contributed by atoms with Crippen molar-refractivity contribution in [3.8, 4) is 0 Å². The van der Waals surface area contributed by atoms with Crippen molar-refractivity contribution >= 4 is 33.7 Å². The van der Waals surface area contributed by atoms with E-state index < -0.39 is 21.5 Å². The van der Waals surface area contributed by atoms with E-state index in [1.54, 1.807) is 24.3 Å². The fraction of sp³-hybridized carbons (Fsp3) is 0.308. The van der Waals surface area contributed by atoms with Crippen molar-refractivity contribution < 1.29 is 17.9 Å². The molecule has 0 heterocycles. The van der Waals surface area contributed by atoms with Crippen LogP contribution in [0, 0.1) is 0 Å². The topological polar surface area (TPSA) is 72.5 Å². The van der Waals surface area contributed by atoms with Gasteiger partial charge in [0.05, 0.1) is 7.11 Å². The maximum atomic E-state index is 11.9. The number of methoxy groups -OCH3 is 1. The average molecular weight is 318 g/mol. The molecule has 5 nitrogen and oxygen atoms in total. The molecule has 0 aromatic heterocycles. The van der Waals surface area contributed by atoms with Crippen molar-refractivity contribution in [3.05, 3.63) is 40.3 Å². The Bertz CT molecular complexity index is 623. The molecule has 1 N–H and O–H groups in total. The molecule has 0 fully saturated rings. The van der Waals surface area contributed by atoms with Gasteiger partial charge >= 0.3 is 5.97 Å². The van der Waals surface area contributed by atoms with Gasteiger partial charge in [-0.2, -0.15) is 4.72 Å². The first kappa shape index (κ1) is 16.7. The van der Waals surface area contributed by atoms with Crippen LogP contribution in [0.3, 0.4) is 0 Å². The second kappa shape index (κ2) is 6.39. The van der Waals surface area contributed by atoms with E-state index in [1.807, 2.05) is 0 Å². The summed E-state index contributed by atoms with van der Waals surface area (Å²) in [4.78, 5) is 11.4. The first-order valence-electron chi connectivity index (χ1n) is 5.73. The zero-order valence-corrected chi connectivity index (χ0v) is 13.0. The Morgan fingerprint density at radius 1 is 1.35 bits per heavy atom. The maximum Gasteiger partial charge on any atom is 0.326 e. The van der Waals surface area contributed by atoms with Gasteiger partial charge in [0.1, 0.15) is 5.54 Å². The summed E-state index contributed by atoms with van der Waals surface area (Å²) in [7, 11) is -2.61. The van der Waals surface area contributed by atoms with Crippen LogP contribution in [-0.4, -0.2) is 27.0 Å². The van der Waals surface area contributed by atoms with E-state index in [1.165, 1.54) is 27.0 Å². The number of nitrogens with one attached hydrogen (secondary N) is 1. The Morgan fingerprint density at radius 2 is 1.95 bits per heavy atom. The second-order valence-corrected chi connectivity index (χ2v) is 6.56. The molecule has 0 aliphatic carbocycles. The Morgan fingerprint density at radius 3 is 2.50 bits per heavy atom. The van der Waals surface area contributed by atoms with Crippen LogP contribution in [0.4, 0.5) is 0 Å². The number of halogens is 1. The summed E-state index contributed by atoms with van der Waals surface area (Å²) >= 11 is 5.92. The Kier molecular flexibility index (Phi) is 5.33. The molecular weight excluding hydrogens is 302 g/mol. The number of carbonyl (C=O) groups is 1. The fourth-order valence-electron chi connectivity index (χ4n) is 1.46. The third-order valence-electron chi connectivity index (χ3n) is 2.43. The Labute approximate surface area is 123 Å². The van der Waals surface area contributed by atoms with Crippen LogP contribution in [0.25, 0.3) is 6.08 Å². The number of carbonyl (C=O) groups excluding carboxylic acids is 1. The third-order valence-corrected chi connectivity index (χ3v) is 4.06. The summed E-state index contributed by atoms with van der Waals surface area (Å²) in [5, 5.41) is 1.39. The lowest BCUT2D eigenvalue weighted by Gasteiger charge is -2.21. The molecule has 7 heteroatoms. The maximum absolute atomic E-state index is 11.9. The molecule has 1 rings (SSSR count). The molecule has 0 radical (unpaired) electrons. The van der Waals surface area contributed by atoms with E-state index in [0.717, 1.165) is 5.41 Å². The van der Waals surface area contributed by atoms with E-state index in [4.69, 9.17) is 11.6 Å². The minimum Gasteiger partial charge on any atom is -0.468 e. The largest absolute Gasteiger partial charge is 0.468 e. The van der Waals surface area contributed by atoms with Crippen LogP contribution in [0.2, 0.25) is 5.02 Å². The zero-order chi connectivity index (χ0) is 15.4. The normalized spacial score (nSPS) is 12.6. The van der Waals surface area contributed by atoms with E-state index in [-0.39, 0.29) is 0 Å². The number of hydrogen-bond donors (Lipinski definition) is 1. The molecule has 0 bridgehead atoms. The predicted molar refractivity (Wildman–Crippen MR) is 78.6 cm³/mol.